The number of fused-ring (bicyclic) bond motifs is 22. The fourth-order valence-electron chi connectivity index (χ4n) is 20.5. The first-order valence-corrected chi connectivity index (χ1v) is 46.9. The van der Waals surface area contributed by atoms with Gasteiger partial charge in [-0.2, -0.15) is 0 Å². The van der Waals surface area contributed by atoms with Crippen LogP contribution in [0.3, 0.4) is 0 Å². The first kappa shape index (κ1) is 80.5. The van der Waals surface area contributed by atoms with Crippen molar-refractivity contribution < 1.29 is 13.3 Å². The molecular formula is C127H78N10O3. The zero-order chi connectivity index (χ0) is 92.2. The molecule has 16 aromatic carbocycles. The number of hydrogen-bond acceptors (Lipinski definition) is 10. The van der Waals surface area contributed by atoms with Crippen LogP contribution in [0.4, 0.5) is 0 Å². The molecule has 140 heavy (non-hydrogen) atoms. The van der Waals surface area contributed by atoms with Crippen molar-refractivity contribution in [1.29, 1.82) is 0 Å². The Morgan fingerprint density at radius 2 is 0.479 bits per heavy atom. The Balaban J connectivity index is 0.000000106. The summed E-state index contributed by atoms with van der Waals surface area (Å²) in [6.45, 7) is 0. The molecule has 13 aromatic heterocycles. The van der Waals surface area contributed by atoms with E-state index in [4.69, 9.17) is 43.2 Å². The summed E-state index contributed by atoms with van der Waals surface area (Å²) in [4.78, 5) is 35.4. The highest BCUT2D eigenvalue weighted by molar-refractivity contribution is 6.23. The normalized spacial score (nSPS) is 11.7. The number of para-hydroxylation sites is 3. The molecular weight excluding hydrogens is 1710 g/mol. The van der Waals surface area contributed by atoms with E-state index in [9.17, 15) is 0 Å². The van der Waals surface area contributed by atoms with Crippen LogP contribution in [0.15, 0.2) is 487 Å². The Bertz CT molecular complexity index is 9400. The maximum Gasteiger partial charge on any atom is 0.147 e. The third kappa shape index (κ3) is 14.1. The zero-order valence-electron chi connectivity index (χ0n) is 75.2. The predicted octanol–water partition coefficient (Wildman–Crippen LogP) is 33.1. The van der Waals surface area contributed by atoms with Crippen LogP contribution < -0.4 is 0 Å². The summed E-state index contributed by atoms with van der Waals surface area (Å²) in [5.74, 6) is 2.48. The lowest BCUT2D eigenvalue weighted by Gasteiger charge is -2.13. The van der Waals surface area contributed by atoms with E-state index in [1.165, 1.54) is 5.39 Å². The molecule has 0 radical (unpaired) electrons. The van der Waals surface area contributed by atoms with Crippen molar-refractivity contribution in [1.82, 2.24) is 48.6 Å². The highest BCUT2D eigenvalue weighted by atomic mass is 16.3. The van der Waals surface area contributed by atoms with E-state index in [0.717, 1.165) is 266 Å². The molecule has 0 spiro atoms. The number of rotatable bonds is 12. The maximum atomic E-state index is 6.14. The highest BCUT2D eigenvalue weighted by Gasteiger charge is 2.26. The largest absolute Gasteiger partial charge is 0.456 e. The van der Waals surface area contributed by atoms with Crippen molar-refractivity contribution >= 4 is 153 Å². The average molecular weight is 1790 g/mol. The van der Waals surface area contributed by atoms with E-state index in [2.05, 4.69) is 383 Å². The molecule has 0 N–H and O–H groups in total. The molecule has 13 nitrogen and oxygen atoms in total. The lowest BCUT2D eigenvalue weighted by Crippen LogP contribution is -2.01. The molecule has 0 amide bonds. The fraction of sp³-hybridized carbons (Fsp3) is 0. The molecule has 0 saturated heterocycles. The van der Waals surface area contributed by atoms with Crippen molar-refractivity contribution in [2.24, 2.45) is 0 Å². The minimum Gasteiger partial charge on any atom is -0.456 e. The lowest BCUT2D eigenvalue weighted by atomic mass is 10.00. The third-order valence-corrected chi connectivity index (χ3v) is 27.2. The van der Waals surface area contributed by atoms with Crippen molar-refractivity contribution in [3.8, 4) is 118 Å². The van der Waals surface area contributed by atoms with Gasteiger partial charge in [0, 0.05) is 128 Å². The van der Waals surface area contributed by atoms with Gasteiger partial charge in [0.05, 0.1) is 33.6 Å². The van der Waals surface area contributed by atoms with Gasteiger partial charge in [-0.3, -0.25) is 18.7 Å². The van der Waals surface area contributed by atoms with Gasteiger partial charge < -0.3 is 13.3 Å². The molecule has 0 fully saturated rings. The molecule has 0 unspecified atom stereocenters. The van der Waals surface area contributed by atoms with Gasteiger partial charge in [-0.05, 0) is 218 Å². The summed E-state index contributed by atoms with van der Waals surface area (Å²) in [6.07, 6.45) is 9.54. The van der Waals surface area contributed by atoms with Crippen LogP contribution in [-0.2, 0) is 0 Å². The second-order valence-corrected chi connectivity index (χ2v) is 35.5. The molecule has 0 aliphatic heterocycles. The predicted molar refractivity (Wildman–Crippen MR) is 573 cm³/mol. The van der Waals surface area contributed by atoms with E-state index in [1.54, 1.807) is 0 Å². The molecule has 13 heteroatoms. The summed E-state index contributed by atoms with van der Waals surface area (Å²) in [7, 11) is 0. The Kier molecular flexibility index (Phi) is 19.3. The molecule has 0 aliphatic carbocycles. The standard InChI is InChI=1S/C44H27N3O.C43H26N4O.C40H25N3O/c1-3-11-28(12-4-1)33-25-38(29-13-5-2-6-14-29)46-42(26-33)47-39-21-19-30(24-37(39)43-34-16-8-7-15-32(34)27-45-44(43)47)31-20-22-41-36(23-31)35-17-9-10-18-40(35)48-41;1-3-9-27(10-4-1)32-23-37(28-11-5-2-6-12-28)46-41(24-32)47-38-17-15-29(22-35(38)42-36-26-44-20-19-31(36)25-45-43(42)47)30-16-18-40-34(21-30)33-13-7-8-14-39(33)48-40;1-3-10-26(11-4-1)30-24-35(27-12-5-2-6-13-27)42-39(25-30)43-36-19-17-28(22-33(36)32-15-9-21-41-40(32)43)29-18-20-38-34(23-29)31-14-7-8-16-37(31)44-38/h1-27H;1-26H;1-25H. The number of furan rings is 3. The number of hydrogen-bond donors (Lipinski definition) is 0. The highest BCUT2D eigenvalue weighted by Crippen LogP contribution is 2.46. The first-order chi connectivity index (χ1) is 69.4. The van der Waals surface area contributed by atoms with E-state index >= 15 is 0 Å². The van der Waals surface area contributed by atoms with Crippen LogP contribution in [0.5, 0.6) is 0 Å². The van der Waals surface area contributed by atoms with Gasteiger partial charge in [-0.25, -0.2) is 29.9 Å². The molecule has 654 valence electrons. The Morgan fingerprint density at radius 1 is 0.171 bits per heavy atom. The molecule has 0 bridgehead atoms. The van der Waals surface area contributed by atoms with Crippen LogP contribution in [0.25, 0.3) is 271 Å². The van der Waals surface area contributed by atoms with E-state index in [1.807, 2.05) is 110 Å². The Hall–Kier alpha value is -19.1. The second kappa shape index (κ2) is 33.5. The van der Waals surface area contributed by atoms with Gasteiger partial charge in [-0.1, -0.05) is 297 Å². The molecule has 0 aliphatic rings. The molecule has 0 atom stereocenters. The summed E-state index contributed by atoms with van der Waals surface area (Å²) in [5.41, 5.74) is 30.6. The molecule has 29 aromatic rings. The smallest absolute Gasteiger partial charge is 0.147 e. The number of nitrogens with zero attached hydrogens (tertiary/aromatic N) is 10. The van der Waals surface area contributed by atoms with Crippen LogP contribution in [0, 0.1) is 0 Å². The van der Waals surface area contributed by atoms with Crippen LogP contribution in [0.2, 0.25) is 0 Å². The van der Waals surface area contributed by atoms with Gasteiger partial charge in [0.1, 0.15) is 67.9 Å². The minimum absolute atomic E-state index is 0.810. The quantitative estimate of drug-likeness (QED) is 0.116. The van der Waals surface area contributed by atoms with Gasteiger partial charge in [0.15, 0.2) is 0 Å². The molecule has 29 rings (SSSR count). The van der Waals surface area contributed by atoms with Crippen molar-refractivity contribution in [3.63, 3.8) is 0 Å². The van der Waals surface area contributed by atoms with Gasteiger partial charge >= 0.3 is 0 Å². The molecule has 0 saturated carbocycles. The average Bonchev–Trinajstić information content (AvgIpc) is 1.57. The SMILES string of the molecule is c1ccc(-c2cc(-c3ccccc3)nc(-n3c4ccc(-c5ccc6oc7ccccc7c6c5)cc4c4c5ccccc5cnc43)c2)cc1.c1ccc(-c2cc(-c3ccccc3)nc(-n3c4ccc(-c5ccc6oc7ccccc7c6c5)cc4c4c5cnccc5cnc43)c2)cc1.c1ccc(-c2cc(-c3ccccc3)nc(-n3c4ccc(-c5ccc6oc7ccccc7c6c5)cc4c4cccnc43)c2)cc1. The Morgan fingerprint density at radius 3 is 0.886 bits per heavy atom. The first-order valence-electron chi connectivity index (χ1n) is 46.9. The van der Waals surface area contributed by atoms with Gasteiger partial charge in [0.2, 0.25) is 0 Å². The summed E-state index contributed by atoms with van der Waals surface area (Å²) in [5, 5.41) is 17.7. The fourth-order valence-corrected chi connectivity index (χ4v) is 20.5. The summed E-state index contributed by atoms with van der Waals surface area (Å²) in [6, 6.07) is 154. The number of pyridine rings is 7. The number of benzene rings is 16. The summed E-state index contributed by atoms with van der Waals surface area (Å²) >= 11 is 0. The number of aromatic nitrogens is 10. The lowest BCUT2D eigenvalue weighted by molar-refractivity contribution is 0.668. The summed E-state index contributed by atoms with van der Waals surface area (Å²) < 4.78 is 25.0. The van der Waals surface area contributed by atoms with Crippen LogP contribution >= 0.6 is 0 Å². The van der Waals surface area contributed by atoms with Crippen LogP contribution in [0.1, 0.15) is 0 Å². The van der Waals surface area contributed by atoms with E-state index < -0.39 is 0 Å². The van der Waals surface area contributed by atoms with Crippen molar-refractivity contribution in [2.45, 2.75) is 0 Å². The zero-order valence-corrected chi connectivity index (χ0v) is 75.2. The second-order valence-electron chi connectivity index (χ2n) is 35.5. The monoisotopic (exact) mass is 1790 g/mol. The van der Waals surface area contributed by atoms with E-state index in [0.29, 0.717) is 0 Å². The van der Waals surface area contributed by atoms with E-state index in [-0.39, 0.29) is 0 Å². The maximum absolute atomic E-state index is 6.14. The topological polar surface area (TPSA) is 144 Å². The van der Waals surface area contributed by atoms with Crippen molar-refractivity contribution in [3.05, 3.63) is 474 Å². The third-order valence-electron chi connectivity index (χ3n) is 27.2. The minimum atomic E-state index is 0.810. The van der Waals surface area contributed by atoms with Crippen molar-refractivity contribution in [2.75, 3.05) is 0 Å². The van der Waals surface area contributed by atoms with Crippen LogP contribution in [-0.4, -0.2) is 48.6 Å². The van der Waals surface area contributed by atoms with Gasteiger partial charge in [0.25, 0.3) is 0 Å². The van der Waals surface area contributed by atoms with Gasteiger partial charge in [-0.15, -0.1) is 0 Å². The Labute approximate surface area is 801 Å². The molecule has 13 heterocycles.